The fourth-order valence-electron chi connectivity index (χ4n) is 10.7. The van der Waals surface area contributed by atoms with E-state index >= 15 is 0 Å². The van der Waals surface area contributed by atoms with Gasteiger partial charge in [-0.1, -0.05) is 111 Å². The van der Waals surface area contributed by atoms with Gasteiger partial charge in [-0.05, 0) is 94.1 Å². The van der Waals surface area contributed by atoms with Crippen LogP contribution in [0.5, 0.6) is 0 Å². The molecule has 0 bridgehead atoms. The summed E-state index contributed by atoms with van der Waals surface area (Å²) in [7, 11) is 8.45. The molecule has 2 saturated heterocycles. The molecule has 0 aromatic heterocycles. The van der Waals surface area contributed by atoms with E-state index in [1.807, 2.05) is 85.7 Å². The number of ketones is 2. The SMILES string of the molecule is CC[C@H](C)[C@@H]([C@@H](CC(C)=O)OC)N(C)C(=O)[C@@H](NC(=O)[C@H](C(C)C)N(C)C(=O)OCc1ccc(NCC(=O)CCCCCN2C(=O)CC(C)C2=O)cc1)C(C)C.CO[C@H]([C@@H](C)C(=O)N[C@H](C)[C@@H](O)c1ccccc1)[C@@H]1CCCN1C. The number of unbranched alkanes of at least 4 members (excludes halogenated alkanes) is 2. The summed E-state index contributed by atoms with van der Waals surface area (Å²) >= 11 is 0. The molecule has 2 aromatic rings. The van der Waals surface area contributed by atoms with E-state index in [2.05, 4.69) is 27.9 Å². The number of methoxy groups -OCH3 is 2. The van der Waals surface area contributed by atoms with E-state index in [0.717, 1.165) is 43.5 Å². The summed E-state index contributed by atoms with van der Waals surface area (Å²) in [5, 5.41) is 19.4. The molecule has 2 aliphatic heterocycles. The van der Waals surface area contributed by atoms with Crippen LogP contribution in [-0.4, -0.2) is 169 Å². The molecule has 0 aliphatic carbocycles. The van der Waals surface area contributed by atoms with Gasteiger partial charge < -0.3 is 45.1 Å². The molecule has 6 amide bonds. The summed E-state index contributed by atoms with van der Waals surface area (Å²) < 4.78 is 16.9. The first-order valence-electron chi connectivity index (χ1n) is 28.7. The van der Waals surface area contributed by atoms with E-state index in [4.69, 9.17) is 14.2 Å². The molecule has 11 atom stereocenters. The van der Waals surface area contributed by atoms with Crippen LogP contribution in [0.25, 0.3) is 0 Å². The molecule has 2 aromatic carbocycles. The quantitative estimate of drug-likeness (QED) is 0.0432. The minimum Gasteiger partial charge on any atom is -0.445 e. The predicted octanol–water partition coefficient (Wildman–Crippen LogP) is 7.19. The van der Waals surface area contributed by atoms with Gasteiger partial charge in [0.2, 0.25) is 29.5 Å². The maximum absolute atomic E-state index is 14.0. The number of aliphatic hydroxyl groups is 1. The molecule has 4 N–H and O–H groups in total. The van der Waals surface area contributed by atoms with Crippen molar-refractivity contribution in [2.75, 3.05) is 60.3 Å². The number of carbonyl (C=O) groups excluding carboxylic acids is 8. The topological polar surface area (TPSA) is 234 Å². The van der Waals surface area contributed by atoms with Crippen molar-refractivity contribution in [3.8, 4) is 0 Å². The molecule has 0 saturated carbocycles. The zero-order chi connectivity index (χ0) is 60.0. The number of aliphatic hydroxyl groups excluding tert-OH is 1. The number of benzene rings is 2. The number of Topliss-reactive ketones (excluding diaryl/α,β-unsaturated/α-hetero) is 2. The molecule has 2 fully saturated rings. The standard InChI is InChI=1S/C42H67N5O9.C19H30N2O3/c1-12-28(6)38(34(55-11)23-30(8)48)45(9)41(53)36(26(2)3)44-39(51)37(27(4)5)46(10)42(54)56-25-31-17-19-32(20-18-31)43-24-33(49)16-14-13-15-21-47-35(50)22-29(7)40(47)52;1-13(18(24-4)16-11-8-12-21(16)3)19(23)20-14(2)17(22)15-9-6-5-7-10-15/h17-20,26-29,34,36-38,43H,12-16,21-25H2,1-11H3,(H,44,51);5-7,9-10,13-14,16-18,22H,8,11-12H2,1-4H3,(H,20,23)/t28-,29?,34+,36-,37-,38-;13-,14-,16+,17-,18-/m01/s1. The molecule has 4 rings (SSSR count). The minimum absolute atomic E-state index is 0.0174. The van der Waals surface area contributed by atoms with Crippen LogP contribution in [-0.2, 0) is 54.4 Å². The lowest BCUT2D eigenvalue weighted by atomic mass is 9.89. The molecular weight excluding hydrogens is 1020 g/mol. The van der Waals surface area contributed by atoms with Crippen molar-refractivity contribution >= 4 is 52.9 Å². The lowest BCUT2D eigenvalue weighted by Crippen LogP contribution is -2.60. The Morgan fingerprint density at radius 1 is 0.825 bits per heavy atom. The van der Waals surface area contributed by atoms with Gasteiger partial charge in [-0.3, -0.25) is 43.4 Å². The molecule has 2 heterocycles. The van der Waals surface area contributed by atoms with Crippen molar-refractivity contribution in [3.05, 3.63) is 65.7 Å². The molecule has 2 aliphatic rings. The highest BCUT2D eigenvalue weighted by Gasteiger charge is 2.41. The van der Waals surface area contributed by atoms with Gasteiger partial charge in [0.1, 0.15) is 24.5 Å². The average Bonchev–Trinajstić information content (AvgIpc) is 3.99. The first-order valence-corrected chi connectivity index (χ1v) is 28.7. The number of carbonyl (C=O) groups is 8. The number of hydrogen-bond donors (Lipinski definition) is 4. The third-order valence-corrected chi connectivity index (χ3v) is 15.8. The number of likely N-dealkylation sites (N-methyl/N-ethyl adjacent to an activating group) is 3. The first-order chi connectivity index (χ1) is 37.8. The van der Waals surface area contributed by atoms with Gasteiger partial charge in [0.05, 0.1) is 42.9 Å². The average molecular weight is 1120 g/mol. The normalized spacial score (nSPS) is 18.9. The summed E-state index contributed by atoms with van der Waals surface area (Å²) in [4.78, 5) is 108. The second-order valence-corrected chi connectivity index (χ2v) is 22.8. The maximum Gasteiger partial charge on any atom is 0.410 e. The van der Waals surface area contributed by atoms with Crippen LogP contribution in [0.4, 0.5) is 10.5 Å². The van der Waals surface area contributed by atoms with Crippen LogP contribution in [0.3, 0.4) is 0 Å². The van der Waals surface area contributed by atoms with E-state index in [1.165, 1.54) is 30.9 Å². The van der Waals surface area contributed by atoms with E-state index in [1.54, 1.807) is 50.2 Å². The van der Waals surface area contributed by atoms with Crippen LogP contribution in [0.2, 0.25) is 0 Å². The smallest absolute Gasteiger partial charge is 0.410 e. The molecule has 80 heavy (non-hydrogen) atoms. The number of anilines is 1. The Bertz CT molecular complexity index is 2300. The lowest BCUT2D eigenvalue weighted by Gasteiger charge is -2.40. The van der Waals surface area contributed by atoms with Crippen LogP contribution >= 0.6 is 0 Å². The zero-order valence-corrected chi connectivity index (χ0v) is 50.6. The Kier molecular flexibility index (Phi) is 29.0. The van der Waals surface area contributed by atoms with E-state index in [-0.39, 0.29) is 109 Å². The fraction of sp³-hybridized carbons (Fsp3) is 0.672. The van der Waals surface area contributed by atoms with Gasteiger partial charge in [0.25, 0.3) is 0 Å². The molecular formula is C61H97N7O12. The largest absolute Gasteiger partial charge is 0.445 e. The Labute approximate surface area is 476 Å². The number of nitrogens with one attached hydrogen (secondary N) is 3. The first kappa shape index (κ1) is 68.5. The molecule has 0 radical (unpaired) electrons. The number of nitrogens with zero attached hydrogens (tertiary/aromatic N) is 4. The van der Waals surface area contributed by atoms with Crippen LogP contribution < -0.4 is 16.0 Å². The Hall–Kier alpha value is -5.76. The Morgan fingerprint density at radius 2 is 1.48 bits per heavy atom. The summed E-state index contributed by atoms with van der Waals surface area (Å²) in [5.74, 6) is -2.18. The van der Waals surface area contributed by atoms with Gasteiger partial charge in [-0.25, -0.2) is 4.79 Å². The van der Waals surface area contributed by atoms with Crippen molar-refractivity contribution in [2.24, 2.45) is 29.6 Å². The highest BCUT2D eigenvalue weighted by atomic mass is 16.6. The molecule has 19 heteroatoms. The number of imide groups is 1. The second kappa shape index (κ2) is 33.9. The number of hydrogen-bond acceptors (Lipinski definition) is 14. The van der Waals surface area contributed by atoms with Gasteiger partial charge in [-0.15, -0.1) is 0 Å². The van der Waals surface area contributed by atoms with Crippen molar-refractivity contribution < 1.29 is 57.7 Å². The third-order valence-electron chi connectivity index (χ3n) is 15.8. The van der Waals surface area contributed by atoms with Crippen molar-refractivity contribution in [3.63, 3.8) is 0 Å². The van der Waals surface area contributed by atoms with E-state index < -0.39 is 42.3 Å². The predicted molar refractivity (Wildman–Crippen MR) is 309 cm³/mol. The van der Waals surface area contributed by atoms with E-state index in [9.17, 15) is 43.5 Å². The highest BCUT2D eigenvalue weighted by Crippen LogP contribution is 2.27. The fourth-order valence-corrected chi connectivity index (χ4v) is 10.7. The van der Waals surface area contributed by atoms with Gasteiger partial charge in [0, 0.05) is 71.8 Å². The second-order valence-electron chi connectivity index (χ2n) is 22.8. The summed E-state index contributed by atoms with van der Waals surface area (Å²) in [6, 6.07) is 14.2. The summed E-state index contributed by atoms with van der Waals surface area (Å²) in [6.45, 7) is 19.9. The third kappa shape index (κ3) is 20.3. The Morgan fingerprint density at radius 3 is 2.00 bits per heavy atom. The molecule has 1 unspecified atom stereocenters. The van der Waals surface area contributed by atoms with Gasteiger partial charge in [0.15, 0.2) is 5.78 Å². The van der Waals surface area contributed by atoms with Crippen LogP contribution in [0, 0.1) is 29.6 Å². The van der Waals surface area contributed by atoms with Crippen molar-refractivity contribution in [1.82, 2.24) is 30.2 Å². The van der Waals surface area contributed by atoms with Gasteiger partial charge in [-0.2, -0.15) is 0 Å². The summed E-state index contributed by atoms with van der Waals surface area (Å²) in [6.07, 6.45) is 3.79. The number of likely N-dealkylation sites (tertiary alicyclic amines) is 2. The number of rotatable bonds is 31. The van der Waals surface area contributed by atoms with E-state index in [0.29, 0.717) is 31.4 Å². The van der Waals surface area contributed by atoms with Crippen LogP contribution in [0.1, 0.15) is 144 Å². The molecule has 19 nitrogen and oxygen atoms in total. The van der Waals surface area contributed by atoms with Gasteiger partial charge >= 0.3 is 6.09 Å². The number of amides is 6. The zero-order valence-electron chi connectivity index (χ0n) is 50.6. The minimum atomic E-state index is -0.928. The number of ether oxygens (including phenoxy) is 3. The monoisotopic (exact) mass is 1120 g/mol. The highest BCUT2D eigenvalue weighted by molar-refractivity contribution is 6.03. The van der Waals surface area contributed by atoms with Crippen molar-refractivity contribution in [2.45, 2.75) is 182 Å². The Balaban J connectivity index is 0.000000578. The summed E-state index contributed by atoms with van der Waals surface area (Å²) in [5.41, 5.74) is 2.24. The lowest BCUT2D eigenvalue weighted by molar-refractivity contribution is -0.144. The maximum atomic E-state index is 14.0. The van der Waals surface area contributed by atoms with Crippen LogP contribution in [0.15, 0.2) is 54.6 Å². The van der Waals surface area contributed by atoms with Crippen molar-refractivity contribution in [1.29, 1.82) is 0 Å². The molecule has 0 spiro atoms. The molecule has 448 valence electrons.